The van der Waals surface area contributed by atoms with Crippen LogP contribution in [0.2, 0.25) is 0 Å². The number of fused-ring (bicyclic) bond motifs is 7. The quantitative estimate of drug-likeness (QED) is 0.224. The van der Waals surface area contributed by atoms with Crippen LogP contribution in [0.5, 0.6) is 0 Å². The smallest absolute Gasteiger partial charge is 0.273 e. The standard InChI is InChI=1S/C34H35N3O3/c1-3-34(40)18-16-28-24-13-11-20-19-21(12-14-22(20)23(24)15-17-33(28,34)2)36-37-32(39)27-9-6-8-26-30(27)35-29-10-5-4-7-25(29)31(26)38/h1,4-10,19,22-24,28,40H,11-18H2,2H3,(H,35,38)(H,37,39)/b36-21-. The molecule has 6 unspecified atom stereocenters. The molecule has 0 saturated heterocycles. The summed E-state index contributed by atoms with van der Waals surface area (Å²) in [4.78, 5) is 29.5. The number of benzene rings is 2. The molecule has 6 heteroatoms. The number of allylic oxidation sites excluding steroid dienone is 2. The molecule has 1 aromatic heterocycles. The van der Waals surface area contributed by atoms with Crippen LogP contribution in [0.4, 0.5) is 0 Å². The molecule has 0 spiro atoms. The van der Waals surface area contributed by atoms with E-state index in [9.17, 15) is 14.7 Å². The summed E-state index contributed by atoms with van der Waals surface area (Å²) in [7, 11) is 0. The largest absolute Gasteiger partial charge is 0.377 e. The highest BCUT2D eigenvalue weighted by molar-refractivity contribution is 6.08. The van der Waals surface area contributed by atoms with Gasteiger partial charge in [0.15, 0.2) is 5.43 Å². The maximum atomic E-state index is 13.2. The Hall–Kier alpha value is -3.69. The third-order valence-corrected chi connectivity index (χ3v) is 11.0. The van der Waals surface area contributed by atoms with Crippen LogP contribution in [0.15, 0.2) is 64.0 Å². The van der Waals surface area contributed by atoms with Crippen LogP contribution in [0, 0.1) is 41.4 Å². The van der Waals surface area contributed by atoms with Crippen LogP contribution in [0.3, 0.4) is 0 Å². The number of rotatable bonds is 2. The molecule has 0 radical (unpaired) electrons. The van der Waals surface area contributed by atoms with Gasteiger partial charge in [-0.2, -0.15) is 5.10 Å². The molecule has 0 bridgehead atoms. The lowest BCUT2D eigenvalue weighted by Crippen LogP contribution is -2.52. The zero-order valence-electron chi connectivity index (χ0n) is 22.9. The number of hydrazone groups is 1. The van der Waals surface area contributed by atoms with Crippen LogP contribution >= 0.6 is 0 Å². The zero-order valence-corrected chi connectivity index (χ0v) is 22.9. The van der Waals surface area contributed by atoms with Gasteiger partial charge in [0.1, 0.15) is 5.60 Å². The molecule has 6 atom stereocenters. The Morgan fingerprint density at radius 3 is 2.73 bits per heavy atom. The number of pyridine rings is 1. The lowest BCUT2D eigenvalue weighted by molar-refractivity contribution is -0.0852. The summed E-state index contributed by atoms with van der Waals surface area (Å²) in [5.74, 6) is 4.73. The van der Waals surface area contributed by atoms with E-state index in [4.69, 9.17) is 6.42 Å². The molecule has 1 heterocycles. The van der Waals surface area contributed by atoms with Crippen molar-refractivity contribution in [2.24, 2.45) is 34.2 Å². The van der Waals surface area contributed by atoms with Crippen molar-refractivity contribution in [1.82, 2.24) is 10.4 Å². The minimum atomic E-state index is -0.965. The highest BCUT2D eigenvalue weighted by atomic mass is 16.3. The van der Waals surface area contributed by atoms with E-state index in [-0.39, 0.29) is 16.8 Å². The van der Waals surface area contributed by atoms with Crippen molar-refractivity contribution in [3.8, 4) is 12.3 Å². The lowest BCUT2D eigenvalue weighted by atomic mass is 9.50. The summed E-state index contributed by atoms with van der Waals surface area (Å²) in [5.41, 5.74) is 5.53. The van der Waals surface area contributed by atoms with Crippen LogP contribution in [0.25, 0.3) is 21.8 Å². The number of terminal acetylenes is 1. The van der Waals surface area contributed by atoms with E-state index in [1.165, 1.54) is 5.57 Å². The van der Waals surface area contributed by atoms with E-state index in [2.05, 4.69) is 34.4 Å². The minimum absolute atomic E-state index is 0.0893. The number of para-hydroxylation sites is 2. The van der Waals surface area contributed by atoms with Crippen LogP contribution < -0.4 is 10.9 Å². The Kier molecular flexibility index (Phi) is 5.80. The van der Waals surface area contributed by atoms with Gasteiger partial charge in [0.2, 0.25) is 0 Å². The predicted octanol–water partition coefficient (Wildman–Crippen LogP) is 5.70. The number of H-pyrrole nitrogens is 1. The molecule has 40 heavy (non-hydrogen) atoms. The fourth-order valence-corrected chi connectivity index (χ4v) is 8.85. The van der Waals surface area contributed by atoms with Gasteiger partial charge in [-0.25, -0.2) is 5.43 Å². The maximum absolute atomic E-state index is 13.2. The number of aromatic nitrogens is 1. The van der Waals surface area contributed by atoms with E-state index < -0.39 is 5.60 Å². The summed E-state index contributed by atoms with van der Waals surface area (Å²) in [6, 6.07) is 12.6. The molecule has 3 aromatic rings. The van der Waals surface area contributed by atoms with Gasteiger partial charge >= 0.3 is 0 Å². The molecule has 204 valence electrons. The summed E-state index contributed by atoms with van der Waals surface area (Å²) in [6.07, 6.45) is 15.9. The maximum Gasteiger partial charge on any atom is 0.273 e. The van der Waals surface area contributed by atoms with Gasteiger partial charge in [0, 0.05) is 21.7 Å². The van der Waals surface area contributed by atoms with E-state index >= 15 is 0 Å². The van der Waals surface area contributed by atoms with Crippen molar-refractivity contribution in [3.63, 3.8) is 0 Å². The average Bonchev–Trinajstić information content (AvgIpc) is 3.26. The van der Waals surface area contributed by atoms with Crippen LogP contribution in [-0.2, 0) is 0 Å². The fourth-order valence-electron chi connectivity index (χ4n) is 8.85. The first kappa shape index (κ1) is 25.3. The van der Waals surface area contributed by atoms with E-state index in [0.29, 0.717) is 51.0 Å². The highest BCUT2D eigenvalue weighted by Crippen LogP contribution is 2.64. The molecule has 6 nitrogen and oxygen atoms in total. The molecule has 0 aliphatic heterocycles. The molecule has 1 amide bonds. The van der Waals surface area contributed by atoms with Gasteiger partial charge in [0.05, 0.1) is 16.8 Å². The topological polar surface area (TPSA) is 94.6 Å². The van der Waals surface area contributed by atoms with Crippen molar-refractivity contribution in [1.29, 1.82) is 0 Å². The molecular weight excluding hydrogens is 498 g/mol. The van der Waals surface area contributed by atoms with Crippen molar-refractivity contribution < 1.29 is 9.90 Å². The number of aromatic amines is 1. The second-order valence-corrected chi connectivity index (χ2v) is 12.6. The Bertz CT molecular complexity index is 1710. The second-order valence-electron chi connectivity index (χ2n) is 12.6. The SMILES string of the molecule is C#CC1(O)CCC2C3CCC4=C/C(=N\NC(=O)c5cccc6c(=O)c7ccccc7[nH]c56)CCC4C3CCC21C. The molecular formula is C34H35N3O3. The Morgan fingerprint density at radius 2 is 1.88 bits per heavy atom. The number of amides is 1. The number of hydrogen-bond acceptors (Lipinski definition) is 4. The van der Waals surface area contributed by atoms with E-state index in [0.717, 1.165) is 57.1 Å². The number of carbonyl (C=O) groups is 1. The summed E-state index contributed by atoms with van der Waals surface area (Å²) < 4.78 is 0. The number of hydrogen-bond donors (Lipinski definition) is 3. The summed E-state index contributed by atoms with van der Waals surface area (Å²) in [6.45, 7) is 2.23. The number of nitrogens with zero attached hydrogens (tertiary/aromatic N) is 1. The number of aliphatic hydroxyl groups is 1. The molecule has 4 aliphatic rings. The fraction of sp³-hybridized carbons (Fsp3) is 0.441. The molecule has 3 N–H and O–H groups in total. The van der Waals surface area contributed by atoms with Crippen molar-refractivity contribution in [2.75, 3.05) is 0 Å². The van der Waals surface area contributed by atoms with Gasteiger partial charge in [-0.3, -0.25) is 9.59 Å². The molecule has 2 aromatic carbocycles. The normalized spacial score (nSPS) is 34.0. The molecule has 4 aliphatic carbocycles. The van der Waals surface area contributed by atoms with Gasteiger partial charge in [-0.1, -0.05) is 36.6 Å². The van der Waals surface area contributed by atoms with Gasteiger partial charge in [0.25, 0.3) is 5.91 Å². The Labute approximate surface area is 233 Å². The van der Waals surface area contributed by atoms with Crippen molar-refractivity contribution >= 4 is 33.4 Å². The molecule has 7 rings (SSSR count). The van der Waals surface area contributed by atoms with Crippen molar-refractivity contribution in [3.05, 3.63) is 69.9 Å². The molecule has 3 saturated carbocycles. The second kappa shape index (κ2) is 9.17. The van der Waals surface area contributed by atoms with Crippen molar-refractivity contribution in [2.45, 2.75) is 63.9 Å². The summed E-state index contributed by atoms with van der Waals surface area (Å²) in [5, 5.41) is 16.8. The molecule has 3 fully saturated rings. The number of nitrogens with one attached hydrogen (secondary N) is 2. The Balaban J connectivity index is 1.11. The number of carbonyl (C=O) groups excluding carboxylic acids is 1. The monoisotopic (exact) mass is 533 g/mol. The third kappa shape index (κ3) is 3.64. The first-order chi connectivity index (χ1) is 19.3. The zero-order chi connectivity index (χ0) is 27.6. The average molecular weight is 534 g/mol. The first-order valence-corrected chi connectivity index (χ1v) is 14.6. The first-order valence-electron chi connectivity index (χ1n) is 14.6. The van der Waals surface area contributed by atoms with Crippen LogP contribution in [-0.4, -0.2) is 27.3 Å². The van der Waals surface area contributed by atoms with Crippen LogP contribution in [0.1, 0.15) is 68.6 Å². The lowest BCUT2D eigenvalue weighted by Gasteiger charge is -2.54. The van der Waals surface area contributed by atoms with Gasteiger partial charge in [-0.05, 0) is 105 Å². The minimum Gasteiger partial charge on any atom is -0.377 e. The van der Waals surface area contributed by atoms with E-state index in [1.54, 1.807) is 24.3 Å². The van der Waals surface area contributed by atoms with Gasteiger partial charge < -0.3 is 10.1 Å². The predicted molar refractivity (Wildman–Crippen MR) is 158 cm³/mol. The van der Waals surface area contributed by atoms with Gasteiger partial charge in [-0.15, -0.1) is 6.42 Å². The summed E-state index contributed by atoms with van der Waals surface area (Å²) >= 11 is 0. The highest BCUT2D eigenvalue weighted by Gasteiger charge is 2.61. The third-order valence-electron chi connectivity index (χ3n) is 11.0. The Morgan fingerprint density at radius 1 is 1.05 bits per heavy atom. The van der Waals surface area contributed by atoms with E-state index in [1.807, 2.05) is 18.2 Å².